The molecule has 3 heteroatoms. The third kappa shape index (κ3) is 4.12. The molecule has 0 unspecified atom stereocenters. The van der Waals surface area contributed by atoms with Crippen LogP contribution in [0, 0.1) is 0 Å². The Kier molecular flexibility index (Phi) is 5.69. The van der Waals surface area contributed by atoms with E-state index in [1.807, 2.05) is 71.6 Å². The fourth-order valence-corrected chi connectivity index (χ4v) is 2.98. The number of hydrogen-bond acceptors (Lipinski definition) is 2. The number of anilines is 1. The zero-order valence-electron chi connectivity index (χ0n) is 15.3. The van der Waals surface area contributed by atoms with E-state index in [2.05, 4.69) is 30.9 Å². The first-order chi connectivity index (χ1) is 12.7. The molecule has 0 spiro atoms. The molecule has 0 fully saturated rings. The first-order valence-electron chi connectivity index (χ1n) is 9.02. The van der Waals surface area contributed by atoms with Gasteiger partial charge in [0.15, 0.2) is 5.78 Å². The molecule has 3 nitrogen and oxygen atoms in total. The minimum atomic E-state index is 0.00632. The molecule has 132 valence electrons. The third-order valence-electron chi connectivity index (χ3n) is 4.48. The first kappa shape index (κ1) is 17.7. The summed E-state index contributed by atoms with van der Waals surface area (Å²) in [6.45, 7) is 6.28. The normalized spacial score (nSPS) is 11.0. The van der Waals surface area contributed by atoms with Gasteiger partial charge in [0.1, 0.15) is 0 Å². The van der Waals surface area contributed by atoms with Crippen molar-refractivity contribution in [1.29, 1.82) is 0 Å². The number of carbonyl (C=O) groups excluding carboxylic acids is 1. The maximum absolute atomic E-state index is 12.5. The van der Waals surface area contributed by atoms with Gasteiger partial charge >= 0.3 is 0 Å². The van der Waals surface area contributed by atoms with E-state index < -0.39 is 0 Å². The Bertz CT molecular complexity index is 873. The lowest BCUT2D eigenvalue weighted by Crippen LogP contribution is -2.21. The zero-order valence-corrected chi connectivity index (χ0v) is 15.3. The summed E-state index contributed by atoms with van der Waals surface area (Å²) < 4.78 is 1.99. The maximum atomic E-state index is 12.5. The van der Waals surface area contributed by atoms with Crippen molar-refractivity contribution < 1.29 is 4.79 Å². The number of carbonyl (C=O) groups is 1. The van der Waals surface area contributed by atoms with E-state index in [0.29, 0.717) is 5.56 Å². The molecule has 2 aromatic carbocycles. The zero-order chi connectivity index (χ0) is 18.4. The second-order valence-electron chi connectivity index (χ2n) is 6.10. The highest BCUT2D eigenvalue weighted by atomic mass is 16.1. The first-order valence-corrected chi connectivity index (χ1v) is 9.02. The molecule has 0 saturated heterocycles. The Morgan fingerprint density at radius 3 is 2.31 bits per heavy atom. The number of nitrogens with zero attached hydrogens (tertiary/aromatic N) is 2. The number of rotatable bonds is 7. The van der Waals surface area contributed by atoms with Crippen LogP contribution in [0.25, 0.3) is 11.8 Å². The Morgan fingerprint density at radius 1 is 0.962 bits per heavy atom. The summed E-state index contributed by atoms with van der Waals surface area (Å²) in [6, 6.07) is 19.9. The van der Waals surface area contributed by atoms with Crippen LogP contribution < -0.4 is 4.90 Å². The van der Waals surface area contributed by atoms with Gasteiger partial charge < -0.3 is 9.47 Å². The summed E-state index contributed by atoms with van der Waals surface area (Å²) in [4.78, 5) is 14.8. The van der Waals surface area contributed by atoms with E-state index in [1.165, 1.54) is 5.69 Å². The second kappa shape index (κ2) is 8.34. The highest BCUT2D eigenvalue weighted by molar-refractivity contribution is 6.07. The monoisotopic (exact) mass is 344 g/mol. The van der Waals surface area contributed by atoms with Crippen LogP contribution in [0.3, 0.4) is 0 Å². The third-order valence-corrected chi connectivity index (χ3v) is 4.48. The molecule has 0 atom stereocenters. The molecule has 0 aliphatic heterocycles. The highest BCUT2D eigenvalue weighted by Crippen LogP contribution is 2.16. The van der Waals surface area contributed by atoms with Crippen LogP contribution in [0.2, 0.25) is 0 Å². The quantitative estimate of drug-likeness (QED) is 0.434. The van der Waals surface area contributed by atoms with Crippen molar-refractivity contribution in [2.24, 2.45) is 0 Å². The summed E-state index contributed by atoms with van der Waals surface area (Å²) in [6.07, 6.45) is 7.45. The predicted octanol–water partition coefficient (Wildman–Crippen LogP) is 5.22. The summed E-state index contributed by atoms with van der Waals surface area (Å²) >= 11 is 0. The molecule has 3 rings (SSSR count). The predicted molar refractivity (Wildman–Crippen MR) is 109 cm³/mol. The number of ketones is 1. The second-order valence-corrected chi connectivity index (χ2v) is 6.10. The lowest BCUT2D eigenvalue weighted by molar-refractivity contribution is 0.104. The summed E-state index contributed by atoms with van der Waals surface area (Å²) in [5.74, 6) is 0.00632. The van der Waals surface area contributed by atoms with E-state index in [0.717, 1.165) is 24.3 Å². The van der Waals surface area contributed by atoms with Gasteiger partial charge in [-0.3, -0.25) is 4.79 Å². The van der Waals surface area contributed by atoms with Crippen molar-refractivity contribution in [1.82, 2.24) is 4.57 Å². The molecule has 1 aromatic heterocycles. The van der Waals surface area contributed by atoms with E-state index in [4.69, 9.17) is 0 Å². The molecule has 1 heterocycles. The van der Waals surface area contributed by atoms with Gasteiger partial charge in [-0.25, -0.2) is 0 Å². The van der Waals surface area contributed by atoms with Gasteiger partial charge in [-0.15, -0.1) is 0 Å². The Morgan fingerprint density at radius 2 is 1.65 bits per heavy atom. The van der Waals surface area contributed by atoms with Crippen LogP contribution in [0.1, 0.15) is 29.8 Å². The fourth-order valence-electron chi connectivity index (χ4n) is 2.98. The molecule has 0 amide bonds. The molecule has 0 radical (unpaired) electrons. The molecule has 0 N–H and O–H groups in total. The van der Waals surface area contributed by atoms with Crippen molar-refractivity contribution in [2.45, 2.75) is 13.8 Å². The van der Waals surface area contributed by atoms with Gasteiger partial charge in [-0.2, -0.15) is 0 Å². The largest absolute Gasteiger partial charge is 0.372 e. The van der Waals surface area contributed by atoms with Gasteiger partial charge in [0.05, 0.1) is 0 Å². The molecule has 0 saturated carbocycles. The number of hydrogen-bond donors (Lipinski definition) is 0. The highest BCUT2D eigenvalue weighted by Gasteiger charge is 2.04. The van der Waals surface area contributed by atoms with Crippen molar-refractivity contribution in [3.63, 3.8) is 0 Å². The van der Waals surface area contributed by atoms with E-state index in [1.54, 1.807) is 6.08 Å². The van der Waals surface area contributed by atoms with Crippen LogP contribution in [-0.2, 0) is 0 Å². The van der Waals surface area contributed by atoms with Gasteiger partial charge in [0.25, 0.3) is 0 Å². The van der Waals surface area contributed by atoms with Gasteiger partial charge in [0, 0.05) is 42.4 Å². The fraction of sp³-hybridized carbons (Fsp3) is 0.174. The molecule has 26 heavy (non-hydrogen) atoms. The standard InChI is InChI=1S/C23H24N2O/c1-3-24(4-2)21-13-10-19(11-14-21)12-15-23(26)20-8-7-9-22(18-20)25-16-5-6-17-25/h5-18H,3-4H2,1-2H3/b15-12+. The maximum Gasteiger partial charge on any atom is 0.185 e. The molecule has 0 aliphatic carbocycles. The van der Waals surface area contributed by atoms with Crippen molar-refractivity contribution in [3.05, 3.63) is 90.3 Å². The number of aromatic nitrogens is 1. The number of benzene rings is 2. The summed E-state index contributed by atoms with van der Waals surface area (Å²) in [5.41, 5.74) is 3.90. The average Bonchev–Trinajstić information content (AvgIpc) is 3.23. The SMILES string of the molecule is CCN(CC)c1ccc(/C=C/C(=O)c2cccc(-n3cccc3)c2)cc1. The Hall–Kier alpha value is -3.07. The lowest BCUT2D eigenvalue weighted by atomic mass is 10.1. The Labute approximate surface area is 155 Å². The van der Waals surface area contributed by atoms with Crippen LogP contribution in [-0.4, -0.2) is 23.4 Å². The van der Waals surface area contributed by atoms with Gasteiger partial charge in [-0.1, -0.05) is 30.3 Å². The molecule has 0 aliphatic rings. The summed E-state index contributed by atoms with van der Waals surface area (Å²) in [7, 11) is 0. The summed E-state index contributed by atoms with van der Waals surface area (Å²) in [5, 5.41) is 0. The van der Waals surface area contributed by atoms with Crippen LogP contribution >= 0.6 is 0 Å². The minimum absolute atomic E-state index is 0.00632. The average molecular weight is 344 g/mol. The lowest BCUT2D eigenvalue weighted by Gasteiger charge is -2.20. The number of allylic oxidation sites excluding steroid dienone is 1. The van der Waals surface area contributed by atoms with Gasteiger partial charge in [0.2, 0.25) is 0 Å². The topological polar surface area (TPSA) is 25.2 Å². The van der Waals surface area contributed by atoms with Crippen LogP contribution in [0.15, 0.2) is 79.1 Å². The van der Waals surface area contributed by atoms with Gasteiger partial charge in [-0.05, 0) is 61.9 Å². The van der Waals surface area contributed by atoms with E-state index >= 15 is 0 Å². The van der Waals surface area contributed by atoms with Crippen molar-refractivity contribution >= 4 is 17.5 Å². The molecular formula is C23H24N2O. The van der Waals surface area contributed by atoms with Crippen LogP contribution in [0.4, 0.5) is 5.69 Å². The molecule has 0 bridgehead atoms. The molecular weight excluding hydrogens is 320 g/mol. The van der Waals surface area contributed by atoms with E-state index in [-0.39, 0.29) is 5.78 Å². The Balaban J connectivity index is 1.72. The van der Waals surface area contributed by atoms with Crippen molar-refractivity contribution in [2.75, 3.05) is 18.0 Å². The van der Waals surface area contributed by atoms with E-state index in [9.17, 15) is 4.79 Å². The van der Waals surface area contributed by atoms with Crippen molar-refractivity contribution in [3.8, 4) is 5.69 Å². The smallest absolute Gasteiger partial charge is 0.185 e. The molecule has 3 aromatic rings. The van der Waals surface area contributed by atoms with Crippen LogP contribution in [0.5, 0.6) is 0 Å². The minimum Gasteiger partial charge on any atom is -0.372 e.